The smallest absolute Gasteiger partial charge is 0.0645 e. The Morgan fingerprint density at radius 2 is 1.41 bits per heavy atom. The summed E-state index contributed by atoms with van der Waals surface area (Å²) in [6, 6.07) is 26.5. The van der Waals surface area contributed by atoms with Gasteiger partial charge in [0.25, 0.3) is 0 Å². The van der Waals surface area contributed by atoms with Crippen molar-refractivity contribution in [2.24, 2.45) is 0 Å². The molecular formula is C30H32N2. The summed E-state index contributed by atoms with van der Waals surface area (Å²) >= 11 is 0. The molecule has 0 saturated carbocycles. The van der Waals surface area contributed by atoms with Crippen molar-refractivity contribution in [3.8, 4) is 27.9 Å². The maximum absolute atomic E-state index is 4.65. The number of hydrogen-bond donors (Lipinski definition) is 0. The lowest BCUT2D eigenvalue weighted by Gasteiger charge is -2.33. The molecule has 0 fully saturated rings. The average Bonchev–Trinajstić information content (AvgIpc) is 3.44. The summed E-state index contributed by atoms with van der Waals surface area (Å²) in [4.78, 5) is 0. The van der Waals surface area contributed by atoms with E-state index in [9.17, 15) is 0 Å². The lowest BCUT2D eigenvalue weighted by atomic mass is 9.70. The Balaban J connectivity index is 1.61. The van der Waals surface area contributed by atoms with Gasteiger partial charge in [-0.05, 0) is 58.9 Å². The summed E-state index contributed by atoms with van der Waals surface area (Å²) in [5.41, 5.74) is 9.56. The van der Waals surface area contributed by atoms with Gasteiger partial charge < -0.3 is 0 Å². The normalized spacial score (nSPS) is 13.7. The molecule has 0 unspecified atom stereocenters. The minimum Gasteiger partial charge on any atom is -0.240 e. The van der Waals surface area contributed by atoms with Gasteiger partial charge in [-0.1, -0.05) is 94.1 Å². The third-order valence-electron chi connectivity index (χ3n) is 7.12. The first-order chi connectivity index (χ1) is 15.8. The van der Waals surface area contributed by atoms with Gasteiger partial charge in [0.05, 0.1) is 11.9 Å². The maximum Gasteiger partial charge on any atom is 0.0645 e. The fourth-order valence-electron chi connectivity index (χ4n) is 5.45. The number of rotatable bonds is 8. The molecule has 162 valence electrons. The maximum atomic E-state index is 4.65. The van der Waals surface area contributed by atoms with Gasteiger partial charge in [0.2, 0.25) is 0 Å². The summed E-state index contributed by atoms with van der Waals surface area (Å²) < 4.78 is 1.97. The molecule has 0 aliphatic heterocycles. The summed E-state index contributed by atoms with van der Waals surface area (Å²) in [6.07, 6.45) is 11.6. The van der Waals surface area contributed by atoms with Crippen molar-refractivity contribution < 1.29 is 0 Å². The minimum absolute atomic E-state index is 0.128. The molecule has 0 amide bonds. The van der Waals surface area contributed by atoms with Crippen LogP contribution in [0, 0.1) is 0 Å². The predicted molar refractivity (Wildman–Crippen MR) is 134 cm³/mol. The second-order valence-corrected chi connectivity index (χ2v) is 9.10. The van der Waals surface area contributed by atoms with E-state index in [2.05, 4.69) is 91.9 Å². The quantitative estimate of drug-likeness (QED) is 0.281. The number of para-hydroxylation sites is 1. The standard InChI is InChI=1S/C30H32N2/c1-3-5-18-30(19-6-4-2)28-15-11-10-14-26(28)27-17-16-23(20-29(27)30)24-21-31-32(22-24)25-12-8-7-9-13-25/h7-17,20-22H,3-6,18-19H2,1-2H3. The van der Waals surface area contributed by atoms with Crippen molar-refractivity contribution in [3.63, 3.8) is 0 Å². The van der Waals surface area contributed by atoms with Gasteiger partial charge in [0.1, 0.15) is 0 Å². The molecule has 2 heteroatoms. The highest BCUT2D eigenvalue weighted by Crippen LogP contribution is 2.54. The van der Waals surface area contributed by atoms with Gasteiger partial charge in [-0.25, -0.2) is 4.68 Å². The van der Waals surface area contributed by atoms with E-state index >= 15 is 0 Å². The van der Waals surface area contributed by atoms with Crippen LogP contribution in [0.15, 0.2) is 85.2 Å². The molecule has 0 saturated heterocycles. The van der Waals surface area contributed by atoms with Crippen LogP contribution in [-0.2, 0) is 5.41 Å². The average molecular weight is 421 g/mol. The topological polar surface area (TPSA) is 17.8 Å². The number of aromatic nitrogens is 2. The number of unbranched alkanes of at least 4 members (excludes halogenated alkanes) is 2. The van der Waals surface area contributed by atoms with Crippen molar-refractivity contribution in [3.05, 3.63) is 96.3 Å². The predicted octanol–water partition coefficient (Wildman–Crippen LogP) is 8.19. The van der Waals surface area contributed by atoms with Crippen LogP contribution < -0.4 is 0 Å². The van der Waals surface area contributed by atoms with Crippen molar-refractivity contribution in [1.82, 2.24) is 9.78 Å². The Labute approximate surface area is 191 Å². The Morgan fingerprint density at radius 1 is 0.719 bits per heavy atom. The molecule has 1 heterocycles. The molecule has 4 aromatic rings. The Bertz CT molecular complexity index is 1190. The Kier molecular flexibility index (Phi) is 5.70. The van der Waals surface area contributed by atoms with E-state index in [4.69, 9.17) is 0 Å². The number of benzene rings is 3. The van der Waals surface area contributed by atoms with Crippen LogP contribution >= 0.6 is 0 Å². The molecule has 0 bridgehead atoms. The number of hydrogen-bond acceptors (Lipinski definition) is 1. The third-order valence-corrected chi connectivity index (χ3v) is 7.12. The summed E-state index contributed by atoms with van der Waals surface area (Å²) in [5.74, 6) is 0. The second kappa shape index (κ2) is 8.78. The molecule has 2 nitrogen and oxygen atoms in total. The summed E-state index contributed by atoms with van der Waals surface area (Å²) in [7, 11) is 0. The van der Waals surface area contributed by atoms with E-state index in [0.717, 1.165) is 5.69 Å². The van der Waals surface area contributed by atoms with E-state index in [1.807, 2.05) is 16.9 Å². The van der Waals surface area contributed by atoms with E-state index in [0.29, 0.717) is 0 Å². The van der Waals surface area contributed by atoms with Crippen LogP contribution in [0.25, 0.3) is 27.9 Å². The van der Waals surface area contributed by atoms with Crippen LogP contribution in [0.4, 0.5) is 0 Å². The lowest BCUT2D eigenvalue weighted by Crippen LogP contribution is -2.25. The van der Waals surface area contributed by atoms with E-state index in [1.165, 1.54) is 71.9 Å². The molecule has 3 aromatic carbocycles. The molecule has 1 aromatic heterocycles. The summed E-state index contributed by atoms with van der Waals surface area (Å²) in [6.45, 7) is 4.62. The van der Waals surface area contributed by atoms with Crippen molar-refractivity contribution in [1.29, 1.82) is 0 Å². The first-order valence-corrected chi connectivity index (χ1v) is 12.1. The van der Waals surface area contributed by atoms with Crippen LogP contribution in [0.3, 0.4) is 0 Å². The molecule has 5 rings (SSSR count). The first-order valence-electron chi connectivity index (χ1n) is 12.1. The van der Waals surface area contributed by atoms with Crippen LogP contribution in [-0.4, -0.2) is 9.78 Å². The molecule has 0 spiro atoms. The SMILES string of the molecule is CCCCC1(CCCC)c2ccccc2-c2ccc(-c3cnn(-c4ccccc4)c3)cc21. The largest absolute Gasteiger partial charge is 0.240 e. The van der Waals surface area contributed by atoms with Gasteiger partial charge in [-0.2, -0.15) is 5.10 Å². The van der Waals surface area contributed by atoms with E-state index < -0.39 is 0 Å². The number of nitrogens with zero attached hydrogens (tertiary/aromatic N) is 2. The molecule has 1 aliphatic carbocycles. The van der Waals surface area contributed by atoms with Gasteiger partial charge >= 0.3 is 0 Å². The fraction of sp³-hybridized carbons (Fsp3) is 0.300. The highest BCUT2D eigenvalue weighted by molar-refractivity contribution is 5.83. The molecule has 32 heavy (non-hydrogen) atoms. The second-order valence-electron chi connectivity index (χ2n) is 9.10. The molecular weight excluding hydrogens is 388 g/mol. The van der Waals surface area contributed by atoms with Gasteiger partial charge in [0, 0.05) is 17.2 Å². The molecule has 0 atom stereocenters. The van der Waals surface area contributed by atoms with Crippen LogP contribution in [0.2, 0.25) is 0 Å². The Morgan fingerprint density at radius 3 is 2.16 bits per heavy atom. The first kappa shape index (κ1) is 20.8. The van der Waals surface area contributed by atoms with Crippen molar-refractivity contribution >= 4 is 0 Å². The van der Waals surface area contributed by atoms with Crippen LogP contribution in [0.1, 0.15) is 63.5 Å². The molecule has 0 radical (unpaired) electrons. The van der Waals surface area contributed by atoms with Gasteiger partial charge in [-0.3, -0.25) is 0 Å². The van der Waals surface area contributed by atoms with Crippen molar-refractivity contribution in [2.75, 3.05) is 0 Å². The highest BCUT2D eigenvalue weighted by atomic mass is 15.3. The van der Waals surface area contributed by atoms with E-state index in [1.54, 1.807) is 0 Å². The zero-order chi connectivity index (χ0) is 22.0. The summed E-state index contributed by atoms with van der Waals surface area (Å²) in [5, 5.41) is 4.65. The highest BCUT2D eigenvalue weighted by Gasteiger charge is 2.42. The zero-order valence-electron chi connectivity index (χ0n) is 19.2. The molecule has 1 aliphatic rings. The number of fused-ring (bicyclic) bond motifs is 3. The monoisotopic (exact) mass is 420 g/mol. The Hall–Kier alpha value is -3.13. The fourth-order valence-corrected chi connectivity index (χ4v) is 5.45. The lowest BCUT2D eigenvalue weighted by molar-refractivity contribution is 0.414. The van der Waals surface area contributed by atoms with Gasteiger partial charge in [0.15, 0.2) is 0 Å². The minimum atomic E-state index is 0.128. The van der Waals surface area contributed by atoms with E-state index in [-0.39, 0.29) is 5.41 Å². The molecule has 0 N–H and O–H groups in total. The zero-order valence-corrected chi connectivity index (χ0v) is 19.2. The third kappa shape index (κ3) is 3.48. The van der Waals surface area contributed by atoms with Crippen molar-refractivity contribution in [2.45, 2.75) is 57.8 Å². The van der Waals surface area contributed by atoms with Gasteiger partial charge in [-0.15, -0.1) is 0 Å². The van der Waals surface area contributed by atoms with Crippen LogP contribution in [0.5, 0.6) is 0 Å².